The second-order valence-corrected chi connectivity index (χ2v) is 6.04. The number of hydrogen-bond acceptors (Lipinski definition) is 5. The van der Waals surface area contributed by atoms with Crippen LogP contribution in [-0.2, 0) is 9.53 Å². The Hall–Kier alpha value is -3.06. The van der Waals surface area contributed by atoms with Crippen molar-refractivity contribution in [3.63, 3.8) is 0 Å². The number of rotatable bonds is 5. The number of para-hydroxylation sites is 1. The van der Waals surface area contributed by atoms with Crippen molar-refractivity contribution in [3.05, 3.63) is 36.4 Å². The number of furan rings is 1. The first-order valence-electron chi connectivity index (χ1n) is 8.24. The number of benzene rings is 2. The van der Waals surface area contributed by atoms with Crippen molar-refractivity contribution in [2.24, 2.45) is 0 Å². The van der Waals surface area contributed by atoms with Crippen LogP contribution in [0.5, 0.6) is 5.75 Å². The van der Waals surface area contributed by atoms with Crippen molar-refractivity contribution in [3.8, 4) is 5.75 Å². The zero-order valence-electron chi connectivity index (χ0n) is 14.5. The second kappa shape index (κ2) is 6.34. The van der Waals surface area contributed by atoms with Crippen LogP contribution in [0.4, 0.5) is 10.5 Å². The summed E-state index contributed by atoms with van der Waals surface area (Å²) in [5.74, 6) is 0.138. The van der Waals surface area contributed by atoms with Crippen LogP contribution < -0.4 is 9.64 Å². The molecule has 134 valence electrons. The van der Waals surface area contributed by atoms with Crippen LogP contribution in [0.3, 0.4) is 0 Å². The van der Waals surface area contributed by atoms with Crippen molar-refractivity contribution in [1.29, 1.82) is 0 Å². The third-order valence-corrected chi connectivity index (χ3v) is 4.52. The number of carbonyl (C=O) groups excluding carboxylic acids is 2. The zero-order chi connectivity index (χ0) is 18.3. The fourth-order valence-electron chi connectivity index (χ4n) is 3.24. The summed E-state index contributed by atoms with van der Waals surface area (Å²) in [6, 6.07) is 10.8. The van der Waals surface area contributed by atoms with E-state index in [1.54, 1.807) is 19.2 Å². The molecule has 2 aromatic carbocycles. The number of amides is 3. The number of methoxy groups -OCH3 is 2. The summed E-state index contributed by atoms with van der Waals surface area (Å²) in [4.78, 5) is 27.8. The molecule has 4 rings (SSSR count). The monoisotopic (exact) mass is 354 g/mol. The van der Waals surface area contributed by atoms with Gasteiger partial charge >= 0.3 is 6.03 Å². The van der Waals surface area contributed by atoms with E-state index in [9.17, 15) is 9.59 Å². The SMILES string of the molecule is COCCN1CC(=O)N(c2cc3oc4ccccc4c3cc2OC)C1=O. The van der Waals surface area contributed by atoms with Crippen LogP contribution in [0.15, 0.2) is 40.8 Å². The molecule has 0 radical (unpaired) electrons. The summed E-state index contributed by atoms with van der Waals surface area (Å²) < 4.78 is 16.3. The Bertz CT molecular complexity index is 1010. The van der Waals surface area contributed by atoms with Gasteiger partial charge in [0.1, 0.15) is 23.5 Å². The van der Waals surface area contributed by atoms with Gasteiger partial charge in [0.05, 0.1) is 19.4 Å². The summed E-state index contributed by atoms with van der Waals surface area (Å²) in [5, 5.41) is 1.82. The molecule has 0 saturated carbocycles. The Morgan fingerprint density at radius 2 is 1.88 bits per heavy atom. The maximum atomic E-state index is 12.7. The topological polar surface area (TPSA) is 72.2 Å². The molecule has 7 nitrogen and oxygen atoms in total. The van der Waals surface area contributed by atoms with Crippen LogP contribution in [0.25, 0.3) is 21.9 Å². The van der Waals surface area contributed by atoms with Gasteiger partial charge in [0, 0.05) is 30.5 Å². The van der Waals surface area contributed by atoms with Crippen LogP contribution in [-0.4, -0.2) is 50.8 Å². The Kier molecular flexibility index (Phi) is 4.00. The minimum atomic E-state index is -0.388. The van der Waals surface area contributed by atoms with Crippen molar-refractivity contribution >= 4 is 39.6 Å². The number of imide groups is 1. The Morgan fingerprint density at radius 1 is 1.08 bits per heavy atom. The van der Waals surface area contributed by atoms with E-state index in [2.05, 4.69) is 0 Å². The molecule has 0 aliphatic carbocycles. The van der Waals surface area contributed by atoms with Gasteiger partial charge in [-0.25, -0.2) is 9.69 Å². The highest BCUT2D eigenvalue weighted by molar-refractivity contribution is 6.21. The van der Waals surface area contributed by atoms with Crippen LogP contribution in [0.1, 0.15) is 0 Å². The highest BCUT2D eigenvalue weighted by Crippen LogP contribution is 2.39. The molecule has 0 spiro atoms. The van der Waals surface area contributed by atoms with E-state index in [1.807, 2.05) is 24.3 Å². The lowest BCUT2D eigenvalue weighted by Crippen LogP contribution is -2.34. The van der Waals surface area contributed by atoms with E-state index in [-0.39, 0.29) is 18.5 Å². The molecule has 2 heterocycles. The van der Waals surface area contributed by atoms with E-state index in [0.717, 1.165) is 21.3 Å². The quantitative estimate of drug-likeness (QED) is 0.659. The van der Waals surface area contributed by atoms with Gasteiger partial charge in [0.15, 0.2) is 0 Å². The molecule has 1 aliphatic heterocycles. The number of hydrogen-bond donors (Lipinski definition) is 0. The molecule has 3 aromatic rings. The molecule has 3 amide bonds. The van der Waals surface area contributed by atoms with Gasteiger partial charge in [-0.3, -0.25) is 4.79 Å². The third-order valence-electron chi connectivity index (χ3n) is 4.52. The van der Waals surface area contributed by atoms with E-state index in [0.29, 0.717) is 30.2 Å². The smallest absolute Gasteiger partial charge is 0.332 e. The van der Waals surface area contributed by atoms with Gasteiger partial charge in [-0.2, -0.15) is 0 Å². The van der Waals surface area contributed by atoms with Gasteiger partial charge in [-0.05, 0) is 12.1 Å². The molecule has 0 bridgehead atoms. The average Bonchev–Trinajstić information content (AvgIpc) is 3.15. The molecule has 1 aliphatic rings. The third kappa shape index (κ3) is 2.48. The van der Waals surface area contributed by atoms with Crippen molar-refractivity contribution < 1.29 is 23.5 Å². The molecular weight excluding hydrogens is 336 g/mol. The highest BCUT2D eigenvalue weighted by atomic mass is 16.5. The molecule has 0 N–H and O–H groups in total. The minimum absolute atomic E-state index is 0.0174. The van der Waals surface area contributed by atoms with Gasteiger partial charge < -0.3 is 18.8 Å². The van der Waals surface area contributed by atoms with Crippen molar-refractivity contribution in [2.75, 3.05) is 38.8 Å². The molecule has 1 aromatic heterocycles. The predicted molar refractivity (Wildman–Crippen MR) is 96.6 cm³/mol. The largest absolute Gasteiger partial charge is 0.495 e. The number of anilines is 1. The number of nitrogens with zero attached hydrogens (tertiary/aromatic N) is 2. The first-order chi connectivity index (χ1) is 12.6. The lowest BCUT2D eigenvalue weighted by atomic mass is 10.1. The minimum Gasteiger partial charge on any atom is -0.495 e. The Balaban J connectivity index is 1.81. The normalized spacial score (nSPS) is 14.8. The highest BCUT2D eigenvalue weighted by Gasteiger charge is 2.38. The molecule has 7 heteroatoms. The summed E-state index contributed by atoms with van der Waals surface area (Å²) in [5.41, 5.74) is 1.72. The number of fused-ring (bicyclic) bond motifs is 3. The summed E-state index contributed by atoms with van der Waals surface area (Å²) in [6.07, 6.45) is 0. The van der Waals surface area contributed by atoms with Gasteiger partial charge in [0.2, 0.25) is 0 Å². The summed E-state index contributed by atoms with van der Waals surface area (Å²) in [7, 11) is 3.07. The van der Waals surface area contributed by atoms with Gasteiger partial charge in [-0.15, -0.1) is 0 Å². The maximum Gasteiger partial charge on any atom is 0.332 e. The molecule has 26 heavy (non-hydrogen) atoms. The van der Waals surface area contributed by atoms with Crippen molar-refractivity contribution in [2.45, 2.75) is 0 Å². The second-order valence-electron chi connectivity index (χ2n) is 6.04. The number of carbonyl (C=O) groups is 2. The lowest BCUT2D eigenvalue weighted by Gasteiger charge is -2.18. The average molecular weight is 354 g/mol. The number of urea groups is 1. The van der Waals surface area contributed by atoms with E-state index < -0.39 is 0 Å². The molecule has 0 unspecified atom stereocenters. The van der Waals surface area contributed by atoms with E-state index in [4.69, 9.17) is 13.9 Å². The van der Waals surface area contributed by atoms with Crippen molar-refractivity contribution in [1.82, 2.24) is 4.90 Å². The Labute approximate surface area is 149 Å². The first kappa shape index (κ1) is 16.4. The summed E-state index contributed by atoms with van der Waals surface area (Å²) >= 11 is 0. The van der Waals surface area contributed by atoms with Gasteiger partial charge in [0.25, 0.3) is 5.91 Å². The standard InChI is InChI=1S/C19H18N2O5/c1-24-8-7-20-11-18(22)21(19(20)23)14-10-16-13(9-17(14)25-2)12-5-3-4-6-15(12)26-16/h3-6,9-10H,7-8,11H2,1-2H3. The fraction of sp³-hybridized carbons (Fsp3) is 0.263. The molecule has 1 fully saturated rings. The summed E-state index contributed by atoms with van der Waals surface area (Å²) in [6.45, 7) is 0.739. The maximum absolute atomic E-state index is 12.7. The van der Waals surface area contributed by atoms with Gasteiger partial charge in [-0.1, -0.05) is 18.2 Å². The first-order valence-corrected chi connectivity index (χ1v) is 8.24. The molecular formula is C19H18N2O5. The van der Waals surface area contributed by atoms with Crippen LogP contribution in [0.2, 0.25) is 0 Å². The predicted octanol–water partition coefficient (Wildman–Crippen LogP) is 3.01. The van der Waals surface area contributed by atoms with E-state index in [1.165, 1.54) is 12.0 Å². The lowest BCUT2D eigenvalue weighted by molar-refractivity contribution is -0.116. The van der Waals surface area contributed by atoms with Crippen LogP contribution in [0, 0.1) is 0 Å². The Morgan fingerprint density at radius 3 is 2.65 bits per heavy atom. The van der Waals surface area contributed by atoms with Crippen LogP contribution >= 0.6 is 0 Å². The van der Waals surface area contributed by atoms with E-state index >= 15 is 0 Å². The zero-order valence-corrected chi connectivity index (χ0v) is 14.5. The number of ether oxygens (including phenoxy) is 2. The fourth-order valence-corrected chi connectivity index (χ4v) is 3.24. The molecule has 1 saturated heterocycles. The molecule has 0 atom stereocenters.